The van der Waals surface area contributed by atoms with Crippen molar-refractivity contribution in [3.05, 3.63) is 77.0 Å². The van der Waals surface area contributed by atoms with Crippen molar-refractivity contribution in [2.45, 2.75) is 44.3 Å². The normalized spacial score (nSPS) is 22.9. The maximum atomic E-state index is 13.5. The topological polar surface area (TPSA) is 166 Å². The number of nitrogens with zero attached hydrogens (tertiary/aromatic N) is 8. The molecule has 9 rings (SSSR count). The first kappa shape index (κ1) is 42.3. The number of carbonyl (C=O) groups is 5. The lowest BCUT2D eigenvalue weighted by Gasteiger charge is -2.44. The Labute approximate surface area is 362 Å². The molecule has 0 bridgehead atoms. The van der Waals surface area contributed by atoms with Crippen LogP contribution in [0.1, 0.15) is 63.9 Å². The van der Waals surface area contributed by atoms with Gasteiger partial charge in [-0.1, -0.05) is 0 Å². The van der Waals surface area contributed by atoms with Gasteiger partial charge in [0.25, 0.3) is 11.8 Å². The summed E-state index contributed by atoms with van der Waals surface area (Å²) in [5.41, 5.74) is 1.52. The maximum absolute atomic E-state index is 13.5. The summed E-state index contributed by atoms with van der Waals surface area (Å²) in [5, 5.41) is 14.2. The van der Waals surface area contributed by atoms with Crippen molar-refractivity contribution in [2.24, 2.45) is 17.8 Å². The van der Waals surface area contributed by atoms with Crippen molar-refractivity contribution in [1.82, 2.24) is 25.0 Å². The van der Waals surface area contributed by atoms with Crippen LogP contribution in [0.4, 0.5) is 36.1 Å². The molecular weight excluding hydrogens is 818 g/mol. The zero-order valence-electron chi connectivity index (χ0n) is 34.8. The number of amides is 5. The zero-order valence-corrected chi connectivity index (χ0v) is 34.8. The van der Waals surface area contributed by atoms with E-state index in [0.29, 0.717) is 60.4 Å². The molecule has 0 spiro atoms. The number of carbonyl (C=O) groups excluding carboxylic acids is 5. The van der Waals surface area contributed by atoms with E-state index in [0.717, 1.165) is 94.2 Å². The quantitative estimate of drug-likeness (QED) is 0.284. The van der Waals surface area contributed by atoms with Crippen LogP contribution >= 0.6 is 0 Å². The molecule has 5 amide bonds. The number of piperazine rings is 1. The predicted molar refractivity (Wildman–Crippen MR) is 226 cm³/mol. The number of piperidine rings is 2. The average Bonchev–Trinajstić information content (AvgIpc) is 3.83. The fourth-order valence-electron chi connectivity index (χ4n) is 9.99. The van der Waals surface area contributed by atoms with E-state index in [-0.39, 0.29) is 24.7 Å². The van der Waals surface area contributed by atoms with Crippen molar-refractivity contribution < 1.29 is 37.1 Å². The van der Waals surface area contributed by atoms with Gasteiger partial charge in [0.05, 0.1) is 40.2 Å². The molecule has 6 aliphatic rings. The Kier molecular flexibility index (Phi) is 11.6. The van der Waals surface area contributed by atoms with E-state index < -0.39 is 47.0 Å². The van der Waals surface area contributed by atoms with Gasteiger partial charge in [-0.25, -0.2) is 4.98 Å². The van der Waals surface area contributed by atoms with Gasteiger partial charge < -0.3 is 29.8 Å². The summed E-state index contributed by atoms with van der Waals surface area (Å²) < 4.78 is 40.4. The SMILES string of the molecule is N#Cc1ccc(N2CCC(C(=O)Nc3ccc(N4CC(CN5CCN(C[C@H]6CCN(c7ccc8c(c7)C(=O)N(C7CCC(=O)NC7=O)C8=O)C6)CC5)C4)cn3)CC2)cc1C(F)(F)F. The molecule has 6 aliphatic heterocycles. The summed E-state index contributed by atoms with van der Waals surface area (Å²) in [6.07, 6.45) is -0.621. The van der Waals surface area contributed by atoms with Gasteiger partial charge in [-0.05, 0) is 80.1 Å². The molecular formula is C45H49F3N10O5. The molecule has 0 aliphatic carbocycles. The van der Waals surface area contributed by atoms with E-state index in [9.17, 15) is 37.1 Å². The van der Waals surface area contributed by atoms with E-state index in [4.69, 9.17) is 5.26 Å². The number of benzene rings is 2. The van der Waals surface area contributed by atoms with E-state index in [1.165, 1.54) is 12.1 Å². The third-order valence-corrected chi connectivity index (χ3v) is 13.6. The first-order chi connectivity index (χ1) is 30.3. The fourth-order valence-corrected chi connectivity index (χ4v) is 9.99. The number of fused-ring (bicyclic) bond motifs is 1. The summed E-state index contributed by atoms with van der Waals surface area (Å²) in [4.78, 5) is 80.6. The van der Waals surface area contributed by atoms with Gasteiger partial charge in [0.2, 0.25) is 17.7 Å². The van der Waals surface area contributed by atoms with Gasteiger partial charge in [0.1, 0.15) is 11.9 Å². The minimum Gasteiger partial charge on any atom is -0.371 e. The molecule has 0 radical (unpaired) electrons. The van der Waals surface area contributed by atoms with Crippen LogP contribution in [0.25, 0.3) is 0 Å². The summed E-state index contributed by atoms with van der Waals surface area (Å²) in [7, 11) is 0. The lowest BCUT2D eigenvalue weighted by atomic mass is 9.95. The molecule has 2 N–H and O–H groups in total. The second-order valence-electron chi connectivity index (χ2n) is 17.6. The summed E-state index contributed by atoms with van der Waals surface area (Å²) in [6.45, 7) is 10.5. The first-order valence-electron chi connectivity index (χ1n) is 21.7. The highest BCUT2D eigenvalue weighted by Crippen LogP contribution is 2.36. The Morgan fingerprint density at radius 1 is 0.746 bits per heavy atom. The van der Waals surface area contributed by atoms with Crippen LogP contribution in [0.5, 0.6) is 0 Å². The molecule has 2 aromatic carbocycles. The highest BCUT2D eigenvalue weighted by molar-refractivity contribution is 6.23. The third kappa shape index (κ3) is 8.81. The van der Waals surface area contributed by atoms with Crippen LogP contribution in [0.3, 0.4) is 0 Å². The Bertz CT molecular complexity index is 2330. The molecule has 1 unspecified atom stereocenters. The smallest absolute Gasteiger partial charge is 0.371 e. The van der Waals surface area contributed by atoms with Gasteiger partial charge in [0.15, 0.2) is 0 Å². The summed E-state index contributed by atoms with van der Waals surface area (Å²) in [5.74, 6) is -0.935. The fraction of sp³-hybridized carbons (Fsp3) is 0.489. The van der Waals surface area contributed by atoms with Gasteiger partial charge >= 0.3 is 6.18 Å². The van der Waals surface area contributed by atoms with Crippen molar-refractivity contribution >= 4 is 52.4 Å². The van der Waals surface area contributed by atoms with Crippen molar-refractivity contribution in [1.29, 1.82) is 5.26 Å². The third-order valence-electron chi connectivity index (χ3n) is 13.6. The minimum absolute atomic E-state index is 0.0854. The number of hydrogen-bond acceptors (Lipinski definition) is 12. The molecule has 0 saturated carbocycles. The Hall–Kier alpha value is -6.06. The molecule has 5 fully saturated rings. The second-order valence-corrected chi connectivity index (χ2v) is 17.6. The van der Waals surface area contributed by atoms with E-state index in [1.807, 2.05) is 23.1 Å². The van der Waals surface area contributed by atoms with Crippen molar-refractivity contribution in [3.8, 4) is 6.07 Å². The number of pyridine rings is 1. The number of aromatic nitrogens is 1. The van der Waals surface area contributed by atoms with Crippen molar-refractivity contribution in [3.63, 3.8) is 0 Å². The number of nitrogens with one attached hydrogen (secondary N) is 2. The number of alkyl halides is 3. The highest BCUT2D eigenvalue weighted by Gasteiger charge is 2.45. The minimum atomic E-state index is -4.62. The van der Waals surface area contributed by atoms with Crippen molar-refractivity contribution in [2.75, 3.05) is 98.6 Å². The van der Waals surface area contributed by atoms with E-state index in [1.54, 1.807) is 24.4 Å². The molecule has 3 aromatic rings. The molecule has 5 saturated heterocycles. The number of nitriles is 1. The predicted octanol–water partition coefficient (Wildman–Crippen LogP) is 3.81. The van der Waals surface area contributed by atoms with Crippen LogP contribution in [-0.2, 0) is 20.6 Å². The lowest BCUT2D eigenvalue weighted by molar-refractivity contribution is -0.138. The largest absolute Gasteiger partial charge is 0.417 e. The molecule has 7 heterocycles. The lowest BCUT2D eigenvalue weighted by Crippen LogP contribution is -2.55. The first-order valence-corrected chi connectivity index (χ1v) is 21.7. The zero-order chi connectivity index (χ0) is 44.0. The second kappa shape index (κ2) is 17.2. The number of hydrogen-bond donors (Lipinski definition) is 2. The van der Waals surface area contributed by atoms with Crippen LogP contribution in [0, 0.1) is 29.1 Å². The number of halogens is 3. The van der Waals surface area contributed by atoms with Gasteiger partial charge in [-0.15, -0.1) is 0 Å². The molecule has 15 nitrogen and oxygen atoms in total. The summed E-state index contributed by atoms with van der Waals surface area (Å²) >= 11 is 0. The Balaban J connectivity index is 0.673. The van der Waals surface area contributed by atoms with E-state index >= 15 is 0 Å². The van der Waals surface area contributed by atoms with Crippen LogP contribution in [-0.4, -0.2) is 134 Å². The number of imide groups is 2. The number of rotatable bonds is 10. The Morgan fingerprint density at radius 2 is 1.38 bits per heavy atom. The van der Waals surface area contributed by atoms with Crippen LogP contribution in [0.15, 0.2) is 54.7 Å². The molecule has 1 aromatic heterocycles. The van der Waals surface area contributed by atoms with Gasteiger partial charge in [-0.2, -0.15) is 18.4 Å². The molecule has 63 heavy (non-hydrogen) atoms. The Morgan fingerprint density at radius 3 is 2.05 bits per heavy atom. The number of anilines is 4. The van der Waals surface area contributed by atoms with Gasteiger partial charge in [-0.3, -0.25) is 34.2 Å². The highest BCUT2D eigenvalue weighted by atomic mass is 19.4. The van der Waals surface area contributed by atoms with Gasteiger partial charge in [0, 0.05) is 108 Å². The van der Waals surface area contributed by atoms with E-state index in [2.05, 4.69) is 35.2 Å². The maximum Gasteiger partial charge on any atom is 0.417 e. The van der Waals surface area contributed by atoms with Crippen LogP contribution in [0.2, 0.25) is 0 Å². The molecule has 2 atom stereocenters. The molecule has 330 valence electrons. The molecule has 18 heteroatoms. The monoisotopic (exact) mass is 866 g/mol. The standard InChI is InChI=1S/C45H49F3N10O5/c46-45(47,48)37-20-33(2-1-31(37)21-49)55-13-10-30(11-14-55)41(60)51-39-7-4-34(22-50-39)57-26-29(27-57)24-54-17-15-53(16-18-54)23-28-9-12-56(25-28)32-3-5-35-36(19-32)44(63)58(43(35)62)38-6-8-40(59)52-42(38)61/h1-5,7,19-20,22,28-30,38H,6,8-18,23-27H2,(H,50,51,60)(H,52,59,61)/t28-,38?/m1/s1. The summed E-state index contributed by atoms with van der Waals surface area (Å²) in [6, 6.07) is 13.5. The van der Waals surface area contributed by atoms with Crippen LogP contribution < -0.4 is 25.3 Å². The average molecular weight is 867 g/mol.